The van der Waals surface area contributed by atoms with E-state index in [1.54, 1.807) is 35.6 Å². The highest BCUT2D eigenvalue weighted by atomic mass is 79.9. The average Bonchev–Trinajstić information content (AvgIpc) is 3.10. The van der Waals surface area contributed by atoms with Gasteiger partial charge in [-0.15, -0.1) is 11.3 Å². The standard InChI is InChI=1S/C17H21BrN2O3S2/c1-13(19-25(21,22)15-6-4-14(18)5-7-15)17(16-3-2-12-24-16)20-8-10-23-11-9-20/h2-7,12-13,17,19H,8-11H2,1H3/t13-,17-/m1/s1. The summed E-state index contributed by atoms with van der Waals surface area (Å²) in [7, 11) is -3.58. The molecule has 0 amide bonds. The van der Waals surface area contributed by atoms with Gasteiger partial charge in [-0.3, -0.25) is 4.90 Å². The predicted molar refractivity (Wildman–Crippen MR) is 103 cm³/mol. The second kappa shape index (κ2) is 8.28. The van der Waals surface area contributed by atoms with Gasteiger partial charge in [-0.2, -0.15) is 0 Å². The molecule has 2 aromatic rings. The van der Waals surface area contributed by atoms with Crippen molar-refractivity contribution in [1.82, 2.24) is 9.62 Å². The van der Waals surface area contributed by atoms with Crippen LogP contribution in [0.3, 0.4) is 0 Å². The minimum absolute atomic E-state index is 0.00544. The van der Waals surface area contributed by atoms with Gasteiger partial charge in [-0.1, -0.05) is 22.0 Å². The van der Waals surface area contributed by atoms with Crippen LogP contribution in [0.5, 0.6) is 0 Å². The second-order valence-electron chi connectivity index (χ2n) is 5.97. The SMILES string of the molecule is C[C@@H](NS(=O)(=O)c1ccc(Br)cc1)[C@H](c1cccs1)N1CCOCC1. The first kappa shape index (κ1) is 19.0. The summed E-state index contributed by atoms with van der Waals surface area (Å²) in [6, 6.07) is 10.5. The molecule has 5 nitrogen and oxygen atoms in total. The van der Waals surface area contributed by atoms with Gasteiger partial charge in [0.25, 0.3) is 0 Å². The maximum atomic E-state index is 12.7. The van der Waals surface area contributed by atoms with E-state index >= 15 is 0 Å². The number of nitrogens with zero attached hydrogens (tertiary/aromatic N) is 1. The van der Waals surface area contributed by atoms with Gasteiger partial charge in [0, 0.05) is 28.5 Å². The molecule has 0 saturated carbocycles. The first-order valence-electron chi connectivity index (χ1n) is 8.10. The molecule has 8 heteroatoms. The van der Waals surface area contributed by atoms with Crippen molar-refractivity contribution in [3.63, 3.8) is 0 Å². The van der Waals surface area contributed by atoms with Crippen molar-refractivity contribution in [1.29, 1.82) is 0 Å². The number of sulfonamides is 1. The molecule has 25 heavy (non-hydrogen) atoms. The first-order valence-corrected chi connectivity index (χ1v) is 11.3. The number of ether oxygens (including phenoxy) is 1. The van der Waals surface area contributed by atoms with Gasteiger partial charge in [0.2, 0.25) is 10.0 Å². The molecule has 1 aromatic carbocycles. The molecule has 1 fully saturated rings. The Bertz CT molecular complexity index is 773. The third kappa shape index (κ3) is 4.69. The molecule has 1 aliphatic rings. The van der Waals surface area contributed by atoms with Crippen LogP contribution in [-0.4, -0.2) is 45.7 Å². The fourth-order valence-electron chi connectivity index (χ4n) is 3.05. The van der Waals surface area contributed by atoms with Crippen molar-refractivity contribution >= 4 is 37.3 Å². The van der Waals surface area contributed by atoms with Crippen LogP contribution in [0.15, 0.2) is 51.1 Å². The zero-order valence-corrected chi connectivity index (χ0v) is 17.1. The zero-order valence-electron chi connectivity index (χ0n) is 13.9. The fraction of sp³-hybridized carbons (Fsp3) is 0.412. The maximum Gasteiger partial charge on any atom is 0.240 e. The van der Waals surface area contributed by atoms with Crippen molar-refractivity contribution in [3.05, 3.63) is 51.1 Å². The lowest BCUT2D eigenvalue weighted by Gasteiger charge is -2.37. The summed E-state index contributed by atoms with van der Waals surface area (Å²) < 4.78 is 34.6. The average molecular weight is 445 g/mol. The molecule has 2 atom stereocenters. The van der Waals surface area contributed by atoms with Crippen LogP contribution in [0.4, 0.5) is 0 Å². The second-order valence-corrected chi connectivity index (χ2v) is 9.58. The Morgan fingerprint density at radius 2 is 1.88 bits per heavy atom. The van der Waals surface area contributed by atoms with Crippen LogP contribution >= 0.6 is 27.3 Å². The molecular weight excluding hydrogens is 424 g/mol. The molecule has 3 rings (SSSR count). The maximum absolute atomic E-state index is 12.7. The number of halogens is 1. The Hall–Kier alpha value is -0.770. The summed E-state index contributed by atoms with van der Waals surface area (Å²) in [5.74, 6) is 0. The van der Waals surface area contributed by atoms with Crippen molar-refractivity contribution in [2.45, 2.75) is 23.9 Å². The van der Waals surface area contributed by atoms with E-state index in [1.807, 2.05) is 18.4 Å². The van der Waals surface area contributed by atoms with Crippen LogP contribution in [0.1, 0.15) is 17.8 Å². The zero-order chi connectivity index (χ0) is 17.9. The Labute approximate surface area is 161 Å². The molecule has 1 N–H and O–H groups in total. The first-order chi connectivity index (χ1) is 12.0. The van der Waals surface area contributed by atoms with Gasteiger partial charge in [-0.05, 0) is 42.6 Å². The molecule has 1 saturated heterocycles. The normalized spacial score (nSPS) is 18.8. The van der Waals surface area contributed by atoms with E-state index in [2.05, 4.69) is 31.6 Å². The minimum atomic E-state index is -3.58. The van der Waals surface area contributed by atoms with E-state index in [-0.39, 0.29) is 17.0 Å². The van der Waals surface area contributed by atoms with E-state index in [9.17, 15) is 8.42 Å². The number of benzene rings is 1. The largest absolute Gasteiger partial charge is 0.379 e. The van der Waals surface area contributed by atoms with E-state index in [0.717, 1.165) is 22.4 Å². The summed E-state index contributed by atoms with van der Waals surface area (Å²) in [6.07, 6.45) is 0. The lowest BCUT2D eigenvalue weighted by Crippen LogP contribution is -2.48. The van der Waals surface area contributed by atoms with Crippen molar-refractivity contribution < 1.29 is 13.2 Å². The summed E-state index contributed by atoms with van der Waals surface area (Å²) in [5.41, 5.74) is 0. The molecule has 0 spiro atoms. The van der Waals surface area contributed by atoms with Crippen LogP contribution < -0.4 is 4.72 Å². The molecule has 1 aromatic heterocycles. The van der Waals surface area contributed by atoms with E-state index in [1.165, 1.54) is 0 Å². The van der Waals surface area contributed by atoms with E-state index in [4.69, 9.17) is 4.74 Å². The lowest BCUT2D eigenvalue weighted by atomic mass is 10.1. The highest BCUT2D eigenvalue weighted by Gasteiger charge is 2.31. The number of rotatable bonds is 6. The number of hydrogen-bond donors (Lipinski definition) is 1. The molecule has 0 radical (unpaired) electrons. The van der Waals surface area contributed by atoms with Gasteiger partial charge in [0.1, 0.15) is 0 Å². The topological polar surface area (TPSA) is 58.6 Å². The van der Waals surface area contributed by atoms with E-state index in [0.29, 0.717) is 13.2 Å². The number of morpholine rings is 1. The molecule has 0 unspecified atom stereocenters. The summed E-state index contributed by atoms with van der Waals surface area (Å²) >= 11 is 4.99. The van der Waals surface area contributed by atoms with Crippen LogP contribution in [0, 0.1) is 0 Å². The summed E-state index contributed by atoms with van der Waals surface area (Å²) in [5, 5.41) is 2.03. The number of hydrogen-bond acceptors (Lipinski definition) is 5. The molecule has 2 heterocycles. The molecule has 1 aliphatic heterocycles. The molecule has 136 valence electrons. The highest BCUT2D eigenvalue weighted by Crippen LogP contribution is 2.30. The quantitative estimate of drug-likeness (QED) is 0.742. The van der Waals surface area contributed by atoms with Gasteiger partial charge in [0.15, 0.2) is 0 Å². The van der Waals surface area contributed by atoms with Crippen molar-refractivity contribution in [3.8, 4) is 0 Å². The summed E-state index contributed by atoms with van der Waals surface area (Å²) in [6.45, 7) is 4.87. The number of nitrogens with one attached hydrogen (secondary N) is 1. The predicted octanol–water partition coefficient (Wildman–Crippen LogP) is 3.25. The molecule has 0 bridgehead atoms. The van der Waals surface area contributed by atoms with Gasteiger partial charge in [0.05, 0.1) is 24.2 Å². The minimum Gasteiger partial charge on any atom is -0.379 e. The highest BCUT2D eigenvalue weighted by molar-refractivity contribution is 9.10. The third-order valence-corrected chi connectivity index (χ3v) is 7.26. The monoisotopic (exact) mass is 444 g/mol. The van der Waals surface area contributed by atoms with Gasteiger partial charge < -0.3 is 4.74 Å². The van der Waals surface area contributed by atoms with Gasteiger partial charge >= 0.3 is 0 Å². The smallest absolute Gasteiger partial charge is 0.240 e. The lowest BCUT2D eigenvalue weighted by molar-refractivity contribution is 0.0113. The Balaban J connectivity index is 1.82. The Kier molecular flexibility index (Phi) is 6.30. The Morgan fingerprint density at radius 1 is 1.20 bits per heavy atom. The van der Waals surface area contributed by atoms with Crippen LogP contribution in [0.2, 0.25) is 0 Å². The third-order valence-electron chi connectivity index (χ3n) is 4.21. The molecule has 0 aliphatic carbocycles. The van der Waals surface area contributed by atoms with Crippen molar-refractivity contribution in [2.24, 2.45) is 0 Å². The van der Waals surface area contributed by atoms with Crippen LogP contribution in [0.25, 0.3) is 0 Å². The van der Waals surface area contributed by atoms with Crippen molar-refractivity contribution in [2.75, 3.05) is 26.3 Å². The van der Waals surface area contributed by atoms with E-state index < -0.39 is 10.0 Å². The van der Waals surface area contributed by atoms with Gasteiger partial charge in [-0.25, -0.2) is 13.1 Å². The summed E-state index contributed by atoms with van der Waals surface area (Å²) in [4.78, 5) is 3.73. The molecular formula is C17H21BrN2O3S2. The van der Waals surface area contributed by atoms with Crippen LogP contribution in [-0.2, 0) is 14.8 Å². The fourth-order valence-corrected chi connectivity index (χ4v) is 5.53. The Morgan fingerprint density at radius 3 is 2.48 bits per heavy atom. The number of thiophene rings is 1.